The summed E-state index contributed by atoms with van der Waals surface area (Å²) in [5, 5.41) is 1.57. The molecule has 0 radical (unpaired) electrons. The van der Waals surface area contributed by atoms with Crippen LogP contribution in [0.3, 0.4) is 0 Å². The van der Waals surface area contributed by atoms with Gasteiger partial charge in [0.25, 0.3) is 5.56 Å². The first-order chi connectivity index (χ1) is 6.16. The molecule has 0 bridgehead atoms. The van der Waals surface area contributed by atoms with E-state index < -0.39 is 0 Å². The number of fused-ring (bicyclic) bond motifs is 1. The van der Waals surface area contributed by atoms with Crippen LogP contribution >= 0.6 is 0 Å². The summed E-state index contributed by atoms with van der Waals surface area (Å²) in [6.07, 6.45) is 0. The van der Waals surface area contributed by atoms with Crippen LogP contribution in [-0.2, 0) is 0 Å². The molecule has 1 heterocycles. The molecule has 1 aromatic heterocycles. The molecule has 2 rings (SSSR count). The molecule has 3 nitrogen and oxygen atoms in total. The van der Waals surface area contributed by atoms with Crippen LogP contribution in [0, 0.1) is 6.92 Å². The first-order valence-electron chi connectivity index (χ1n) is 4.06. The second kappa shape index (κ2) is 2.62. The fourth-order valence-corrected chi connectivity index (χ4v) is 1.41. The van der Waals surface area contributed by atoms with Crippen molar-refractivity contribution in [3.8, 4) is 0 Å². The fourth-order valence-electron chi connectivity index (χ4n) is 1.41. The lowest BCUT2D eigenvalue weighted by molar-refractivity contribution is 1.17. The highest BCUT2D eigenvalue weighted by Crippen LogP contribution is 2.13. The molecule has 0 saturated carbocycles. The number of nitrogens with two attached hydrogens (primary N) is 1. The van der Waals surface area contributed by atoms with Crippen LogP contribution in [0.25, 0.3) is 10.8 Å². The van der Waals surface area contributed by atoms with E-state index in [-0.39, 0.29) is 5.56 Å². The van der Waals surface area contributed by atoms with Gasteiger partial charge in [0.2, 0.25) is 0 Å². The molecule has 0 fully saturated rings. The maximum Gasteiger partial charge on any atom is 0.256 e. The van der Waals surface area contributed by atoms with Gasteiger partial charge in [-0.25, -0.2) is 0 Å². The number of anilines is 1. The van der Waals surface area contributed by atoms with Gasteiger partial charge in [-0.1, -0.05) is 6.07 Å². The summed E-state index contributed by atoms with van der Waals surface area (Å²) in [6, 6.07) is 7.26. The first-order valence-corrected chi connectivity index (χ1v) is 4.06. The zero-order valence-corrected chi connectivity index (χ0v) is 7.29. The summed E-state index contributed by atoms with van der Waals surface area (Å²) < 4.78 is 0. The number of hydrogen-bond donors (Lipinski definition) is 2. The van der Waals surface area contributed by atoms with E-state index in [9.17, 15) is 4.79 Å². The third kappa shape index (κ3) is 1.28. The summed E-state index contributed by atoms with van der Waals surface area (Å²) in [5.74, 6) is 0. The van der Waals surface area contributed by atoms with Gasteiger partial charge >= 0.3 is 0 Å². The monoisotopic (exact) mass is 174 g/mol. The number of benzene rings is 1. The molecule has 0 aliphatic carbocycles. The molecule has 0 amide bonds. The summed E-state index contributed by atoms with van der Waals surface area (Å²) in [7, 11) is 0. The van der Waals surface area contributed by atoms with E-state index >= 15 is 0 Å². The number of nitrogens with one attached hydrogen (secondary N) is 1. The van der Waals surface area contributed by atoms with Gasteiger partial charge in [-0.05, 0) is 30.5 Å². The predicted molar refractivity (Wildman–Crippen MR) is 53.7 cm³/mol. The van der Waals surface area contributed by atoms with Crippen molar-refractivity contribution in [1.82, 2.24) is 4.98 Å². The molecule has 0 unspecified atom stereocenters. The molecule has 3 heteroatoms. The van der Waals surface area contributed by atoms with E-state index in [4.69, 9.17) is 5.73 Å². The standard InChI is InChI=1S/C10H10N2O/c1-6-4-7-2-3-8(11)5-9(7)10(13)12-6/h2-5H,11H2,1H3,(H,12,13). The lowest BCUT2D eigenvalue weighted by atomic mass is 10.1. The van der Waals surface area contributed by atoms with Crippen molar-refractivity contribution >= 4 is 16.5 Å². The molecule has 0 aliphatic rings. The van der Waals surface area contributed by atoms with E-state index in [2.05, 4.69) is 4.98 Å². The van der Waals surface area contributed by atoms with Crippen LogP contribution in [0.15, 0.2) is 29.1 Å². The molecule has 1 aromatic carbocycles. The third-order valence-corrected chi connectivity index (χ3v) is 2.00. The van der Waals surface area contributed by atoms with Gasteiger partial charge in [-0.3, -0.25) is 4.79 Å². The van der Waals surface area contributed by atoms with Crippen molar-refractivity contribution in [3.63, 3.8) is 0 Å². The van der Waals surface area contributed by atoms with Crippen LogP contribution in [-0.4, -0.2) is 4.98 Å². The van der Waals surface area contributed by atoms with Crippen molar-refractivity contribution in [2.24, 2.45) is 0 Å². The zero-order valence-electron chi connectivity index (χ0n) is 7.29. The topological polar surface area (TPSA) is 58.9 Å². The van der Waals surface area contributed by atoms with Gasteiger partial charge in [0.15, 0.2) is 0 Å². The summed E-state index contributed by atoms with van der Waals surface area (Å²) in [4.78, 5) is 14.2. The van der Waals surface area contributed by atoms with E-state index in [0.29, 0.717) is 11.1 Å². The highest BCUT2D eigenvalue weighted by Gasteiger charge is 1.99. The van der Waals surface area contributed by atoms with Crippen molar-refractivity contribution in [1.29, 1.82) is 0 Å². The van der Waals surface area contributed by atoms with Crippen LogP contribution in [0.2, 0.25) is 0 Å². The number of nitrogen functional groups attached to an aromatic ring is 1. The predicted octanol–water partition coefficient (Wildman–Crippen LogP) is 1.42. The molecule has 0 atom stereocenters. The van der Waals surface area contributed by atoms with Gasteiger partial charge in [0.1, 0.15) is 0 Å². The van der Waals surface area contributed by atoms with Gasteiger partial charge in [-0.15, -0.1) is 0 Å². The molecular formula is C10H10N2O. The molecule has 2 aromatic rings. The quantitative estimate of drug-likeness (QED) is 0.593. The van der Waals surface area contributed by atoms with E-state index in [1.165, 1.54) is 0 Å². The summed E-state index contributed by atoms with van der Waals surface area (Å²) in [5.41, 5.74) is 6.97. The SMILES string of the molecule is Cc1cc2ccc(N)cc2c(=O)[nH]1. The van der Waals surface area contributed by atoms with Gasteiger partial charge < -0.3 is 10.7 Å². The Kier molecular flexibility index (Phi) is 1.59. The van der Waals surface area contributed by atoms with Crippen LogP contribution in [0.1, 0.15) is 5.69 Å². The highest BCUT2D eigenvalue weighted by atomic mass is 16.1. The molecule has 13 heavy (non-hydrogen) atoms. The molecule has 0 saturated heterocycles. The Morgan fingerprint density at radius 3 is 2.85 bits per heavy atom. The summed E-state index contributed by atoms with van der Waals surface area (Å²) in [6.45, 7) is 1.86. The maximum atomic E-state index is 11.4. The van der Waals surface area contributed by atoms with Gasteiger partial charge in [-0.2, -0.15) is 0 Å². The number of H-pyrrole nitrogens is 1. The Balaban J connectivity index is 2.95. The second-order valence-corrected chi connectivity index (χ2v) is 3.13. The lowest BCUT2D eigenvalue weighted by Gasteiger charge is -1.99. The number of aromatic nitrogens is 1. The molecule has 66 valence electrons. The van der Waals surface area contributed by atoms with Crippen LogP contribution in [0.4, 0.5) is 5.69 Å². The molecular weight excluding hydrogens is 164 g/mol. The first kappa shape index (κ1) is 7.86. The number of rotatable bonds is 0. The number of aromatic amines is 1. The Bertz CT molecular complexity index is 514. The lowest BCUT2D eigenvalue weighted by Crippen LogP contribution is -2.07. The highest BCUT2D eigenvalue weighted by molar-refractivity contribution is 5.84. The minimum atomic E-state index is -0.0812. The van der Waals surface area contributed by atoms with Crippen molar-refractivity contribution in [2.75, 3.05) is 5.73 Å². The van der Waals surface area contributed by atoms with Crippen LogP contribution < -0.4 is 11.3 Å². The van der Waals surface area contributed by atoms with E-state index in [1.54, 1.807) is 12.1 Å². The van der Waals surface area contributed by atoms with Gasteiger partial charge in [0, 0.05) is 16.8 Å². The zero-order chi connectivity index (χ0) is 9.42. The second-order valence-electron chi connectivity index (χ2n) is 3.13. The summed E-state index contributed by atoms with van der Waals surface area (Å²) >= 11 is 0. The average molecular weight is 174 g/mol. The van der Waals surface area contributed by atoms with Crippen molar-refractivity contribution in [2.45, 2.75) is 6.92 Å². The molecule has 0 aliphatic heterocycles. The normalized spacial score (nSPS) is 10.5. The number of pyridine rings is 1. The Morgan fingerprint density at radius 2 is 2.08 bits per heavy atom. The van der Waals surface area contributed by atoms with Crippen molar-refractivity contribution < 1.29 is 0 Å². The van der Waals surface area contributed by atoms with Crippen molar-refractivity contribution in [3.05, 3.63) is 40.3 Å². The van der Waals surface area contributed by atoms with Crippen LogP contribution in [0.5, 0.6) is 0 Å². The smallest absolute Gasteiger partial charge is 0.256 e. The van der Waals surface area contributed by atoms with E-state index in [0.717, 1.165) is 11.1 Å². The fraction of sp³-hybridized carbons (Fsp3) is 0.100. The molecule has 3 N–H and O–H groups in total. The maximum absolute atomic E-state index is 11.4. The van der Waals surface area contributed by atoms with E-state index in [1.807, 2.05) is 19.1 Å². The van der Waals surface area contributed by atoms with Gasteiger partial charge in [0.05, 0.1) is 0 Å². The minimum Gasteiger partial charge on any atom is -0.399 e. The minimum absolute atomic E-state index is 0.0812. The Morgan fingerprint density at radius 1 is 1.31 bits per heavy atom. The average Bonchev–Trinajstić information content (AvgIpc) is 2.06. The Labute approximate surface area is 75.2 Å². The Hall–Kier alpha value is -1.77. The molecule has 0 spiro atoms. The number of aryl methyl sites for hydroxylation is 1. The largest absolute Gasteiger partial charge is 0.399 e. The number of hydrogen-bond acceptors (Lipinski definition) is 2. The third-order valence-electron chi connectivity index (χ3n) is 2.00.